The number of rotatable bonds is 1. The summed E-state index contributed by atoms with van der Waals surface area (Å²) in [6, 6.07) is 6.05. The summed E-state index contributed by atoms with van der Waals surface area (Å²) in [4.78, 5) is 11.7. The lowest BCUT2D eigenvalue weighted by molar-refractivity contribution is 0.0948. The first-order valence-corrected chi connectivity index (χ1v) is 5.50. The smallest absolute Gasteiger partial charge is 0.253 e. The Morgan fingerprint density at radius 3 is 2.79 bits per heavy atom. The van der Waals surface area contributed by atoms with E-state index in [2.05, 4.69) is 35.1 Å². The van der Waals surface area contributed by atoms with Gasteiger partial charge < -0.3 is 5.32 Å². The molecule has 1 aromatic rings. The van der Waals surface area contributed by atoms with Gasteiger partial charge in [-0.3, -0.25) is 4.79 Å². The van der Waals surface area contributed by atoms with Crippen molar-refractivity contribution in [3.63, 3.8) is 0 Å². The SMILES string of the molecule is CC(C)C1NC(=O)c2c(Br)cccc21. The minimum Gasteiger partial charge on any atom is -0.345 e. The Labute approximate surface area is 91.8 Å². The third-order valence-electron chi connectivity index (χ3n) is 2.56. The number of hydrogen-bond donors (Lipinski definition) is 1. The van der Waals surface area contributed by atoms with Crippen LogP contribution in [0.2, 0.25) is 0 Å². The maximum Gasteiger partial charge on any atom is 0.253 e. The number of benzene rings is 1. The van der Waals surface area contributed by atoms with Crippen molar-refractivity contribution in [3.05, 3.63) is 33.8 Å². The molecule has 1 aliphatic rings. The van der Waals surface area contributed by atoms with E-state index in [4.69, 9.17) is 0 Å². The molecule has 1 unspecified atom stereocenters. The van der Waals surface area contributed by atoms with E-state index >= 15 is 0 Å². The summed E-state index contributed by atoms with van der Waals surface area (Å²) < 4.78 is 0.885. The Bertz CT molecular complexity index is 387. The lowest BCUT2D eigenvalue weighted by Gasteiger charge is -2.15. The van der Waals surface area contributed by atoms with E-state index in [1.807, 2.05) is 18.2 Å². The van der Waals surface area contributed by atoms with Crippen LogP contribution in [0.1, 0.15) is 35.8 Å². The maximum atomic E-state index is 11.7. The fraction of sp³-hybridized carbons (Fsp3) is 0.364. The van der Waals surface area contributed by atoms with Crippen molar-refractivity contribution in [1.29, 1.82) is 0 Å². The van der Waals surface area contributed by atoms with Crippen molar-refractivity contribution in [2.24, 2.45) is 5.92 Å². The van der Waals surface area contributed by atoms with Crippen LogP contribution < -0.4 is 5.32 Å². The molecule has 3 heteroatoms. The van der Waals surface area contributed by atoms with Crippen LogP contribution in [0, 0.1) is 5.92 Å². The molecule has 0 radical (unpaired) electrons. The predicted molar refractivity (Wildman–Crippen MR) is 59.2 cm³/mol. The minimum atomic E-state index is 0.0335. The molecule has 0 fully saturated rings. The molecule has 1 heterocycles. The number of carbonyl (C=O) groups excluding carboxylic acids is 1. The zero-order valence-electron chi connectivity index (χ0n) is 8.17. The number of amides is 1. The molecule has 1 aromatic carbocycles. The second-order valence-electron chi connectivity index (χ2n) is 3.90. The maximum absolute atomic E-state index is 11.7. The highest BCUT2D eigenvalue weighted by Crippen LogP contribution is 2.34. The lowest BCUT2D eigenvalue weighted by Crippen LogP contribution is -2.22. The molecule has 0 saturated heterocycles. The summed E-state index contributed by atoms with van der Waals surface area (Å²) >= 11 is 3.40. The normalized spacial score (nSPS) is 19.7. The summed E-state index contributed by atoms with van der Waals surface area (Å²) in [5, 5.41) is 2.99. The van der Waals surface area contributed by atoms with E-state index in [9.17, 15) is 4.79 Å². The first kappa shape index (κ1) is 9.71. The topological polar surface area (TPSA) is 29.1 Å². The average molecular weight is 254 g/mol. The molecular weight excluding hydrogens is 242 g/mol. The van der Waals surface area contributed by atoms with Gasteiger partial charge in [-0.25, -0.2) is 0 Å². The molecule has 2 rings (SSSR count). The minimum absolute atomic E-state index is 0.0335. The second-order valence-corrected chi connectivity index (χ2v) is 4.75. The van der Waals surface area contributed by atoms with Crippen LogP contribution in [0.15, 0.2) is 22.7 Å². The first-order valence-electron chi connectivity index (χ1n) is 4.70. The predicted octanol–water partition coefficient (Wildman–Crippen LogP) is 2.89. The van der Waals surface area contributed by atoms with Crippen LogP contribution in [0.3, 0.4) is 0 Å². The summed E-state index contributed by atoms with van der Waals surface area (Å²) in [5.74, 6) is 0.459. The lowest BCUT2D eigenvalue weighted by atomic mass is 9.96. The van der Waals surface area contributed by atoms with Gasteiger partial charge in [0.05, 0.1) is 11.6 Å². The van der Waals surface area contributed by atoms with Crippen molar-refractivity contribution in [1.82, 2.24) is 5.32 Å². The highest BCUT2D eigenvalue weighted by atomic mass is 79.9. The van der Waals surface area contributed by atoms with Crippen LogP contribution in [0.4, 0.5) is 0 Å². The molecule has 2 nitrogen and oxygen atoms in total. The molecule has 0 spiro atoms. The van der Waals surface area contributed by atoms with E-state index in [-0.39, 0.29) is 11.9 Å². The molecule has 1 N–H and O–H groups in total. The Morgan fingerprint density at radius 1 is 1.43 bits per heavy atom. The largest absolute Gasteiger partial charge is 0.345 e. The average Bonchev–Trinajstić information content (AvgIpc) is 2.45. The van der Waals surface area contributed by atoms with Gasteiger partial charge in [0, 0.05) is 4.47 Å². The van der Waals surface area contributed by atoms with Gasteiger partial charge in [0.2, 0.25) is 0 Å². The van der Waals surface area contributed by atoms with E-state index in [0.29, 0.717) is 5.92 Å². The summed E-state index contributed by atoms with van der Waals surface area (Å²) in [5.41, 5.74) is 1.91. The third kappa shape index (κ3) is 1.36. The van der Waals surface area contributed by atoms with Crippen LogP contribution in [-0.2, 0) is 0 Å². The van der Waals surface area contributed by atoms with E-state index in [1.54, 1.807) is 0 Å². The highest BCUT2D eigenvalue weighted by molar-refractivity contribution is 9.10. The van der Waals surface area contributed by atoms with Crippen molar-refractivity contribution in [2.75, 3.05) is 0 Å². The number of carbonyl (C=O) groups is 1. The van der Waals surface area contributed by atoms with Crippen molar-refractivity contribution in [2.45, 2.75) is 19.9 Å². The van der Waals surface area contributed by atoms with E-state index < -0.39 is 0 Å². The Balaban J connectivity index is 2.55. The number of nitrogens with one attached hydrogen (secondary N) is 1. The van der Waals surface area contributed by atoms with E-state index in [0.717, 1.165) is 15.6 Å². The molecular formula is C11H12BrNO. The monoisotopic (exact) mass is 253 g/mol. The molecule has 1 amide bonds. The Kier molecular flexibility index (Phi) is 2.35. The van der Waals surface area contributed by atoms with Gasteiger partial charge in [0.1, 0.15) is 0 Å². The fourth-order valence-electron chi connectivity index (χ4n) is 1.86. The van der Waals surface area contributed by atoms with Gasteiger partial charge >= 0.3 is 0 Å². The molecule has 14 heavy (non-hydrogen) atoms. The van der Waals surface area contributed by atoms with Crippen LogP contribution in [-0.4, -0.2) is 5.91 Å². The number of halogens is 1. The zero-order chi connectivity index (χ0) is 10.3. The Hall–Kier alpha value is -0.830. The van der Waals surface area contributed by atoms with E-state index in [1.165, 1.54) is 0 Å². The summed E-state index contributed by atoms with van der Waals surface area (Å²) in [6.07, 6.45) is 0. The van der Waals surface area contributed by atoms with Crippen LogP contribution in [0.25, 0.3) is 0 Å². The Morgan fingerprint density at radius 2 is 2.14 bits per heavy atom. The molecule has 1 aliphatic heterocycles. The second kappa shape index (κ2) is 3.39. The zero-order valence-corrected chi connectivity index (χ0v) is 9.76. The van der Waals surface area contributed by atoms with Crippen molar-refractivity contribution in [3.8, 4) is 0 Å². The van der Waals surface area contributed by atoms with Gasteiger partial charge in [0.25, 0.3) is 5.91 Å². The van der Waals surface area contributed by atoms with Gasteiger partial charge in [-0.2, -0.15) is 0 Å². The molecule has 0 bridgehead atoms. The van der Waals surface area contributed by atoms with Crippen molar-refractivity contribution >= 4 is 21.8 Å². The molecule has 0 aliphatic carbocycles. The number of fused-ring (bicyclic) bond motifs is 1. The molecule has 0 saturated carbocycles. The quantitative estimate of drug-likeness (QED) is 0.820. The molecule has 0 aromatic heterocycles. The number of hydrogen-bond acceptors (Lipinski definition) is 1. The molecule has 1 atom stereocenters. The first-order chi connectivity index (χ1) is 6.61. The molecule has 74 valence electrons. The summed E-state index contributed by atoms with van der Waals surface area (Å²) in [7, 11) is 0. The highest BCUT2D eigenvalue weighted by Gasteiger charge is 2.31. The van der Waals surface area contributed by atoms with Crippen LogP contribution >= 0.6 is 15.9 Å². The van der Waals surface area contributed by atoms with Gasteiger partial charge in [0.15, 0.2) is 0 Å². The van der Waals surface area contributed by atoms with Gasteiger partial charge in [-0.15, -0.1) is 0 Å². The van der Waals surface area contributed by atoms with Gasteiger partial charge in [-0.05, 0) is 33.5 Å². The van der Waals surface area contributed by atoms with Crippen molar-refractivity contribution < 1.29 is 4.79 Å². The van der Waals surface area contributed by atoms with Crippen LogP contribution in [0.5, 0.6) is 0 Å². The standard InChI is InChI=1S/C11H12BrNO/c1-6(2)10-7-4-3-5-8(12)9(7)11(14)13-10/h3-6,10H,1-2H3,(H,13,14). The van der Waals surface area contributed by atoms with Gasteiger partial charge in [-0.1, -0.05) is 26.0 Å². The summed E-state index contributed by atoms with van der Waals surface area (Å²) in [6.45, 7) is 4.22. The third-order valence-corrected chi connectivity index (χ3v) is 3.22. The fourth-order valence-corrected chi connectivity index (χ4v) is 2.42.